The largest absolute Gasteiger partial charge is 0.756 e. The SMILES string of the molecule is CCCCC/C=C\C/C=C\C/C=C\CCCCCCCCCCC(=O)OC(/C=C/CCCCCCCCCCCCC)C(COP(=O)([O-])OCC[N+](C)(C)C)NC(=O)CCCCCCCCCCCCCCCCCCCCCCCCC. The molecule has 0 fully saturated rings. The van der Waals surface area contributed by atoms with E-state index in [4.69, 9.17) is 13.8 Å². The van der Waals surface area contributed by atoms with Crippen LogP contribution in [0, 0.1) is 0 Å². The Balaban J connectivity index is 5.10. The topological polar surface area (TPSA) is 114 Å². The van der Waals surface area contributed by atoms with Crippen LogP contribution in [0.2, 0.25) is 0 Å². The third-order valence-corrected chi connectivity index (χ3v) is 17.2. The zero-order chi connectivity index (χ0) is 60.7. The van der Waals surface area contributed by atoms with Crippen LogP contribution in [0.1, 0.15) is 355 Å². The Morgan fingerprint density at radius 1 is 0.422 bits per heavy atom. The van der Waals surface area contributed by atoms with E-state index in [1.807, 2.05) is 33.3 Å². The van der Waals surface area contributed by atoms with Crippen molar-refractivity contribution in [3.8, 4) is 0 Å². The Kier molecular flexibility index (Phi) is 61.5. The van der Waals surface area contributed by atoms with Crippen LogP contribution in [0.4, 0.5) is 0 Å². The summed E-state index contributed by atoms with van der Waals surface area (Å²) in [6, 6.07) is -0.890. The fraction of sp³-hybridized carbons (Fsp3) is 0.863. The van der Waals surface area contributed by atoms with Crippen LogP contribution in [0.25, 0.3) is 0 Å². The fourth-order valence-corrected chi connectivity index (χ4v) is 11.4. The average Bonchev–Trinajstić information content (AvgIpc) is 3.47. The smallest absolute Gasteiger partial charge is 0.306 e. The quantitative estimate of drug-likeness (QED) is 0.0212. The molecule has 0 rings (SSSR count). The predicted octanol–water partition coefficient (Wildman–Crippen LogP) is 22.2. The second-order valence-corrected chi connectivity index (χ2v) is 27.2. The molecule has 83 heavy (non-hydrogen) atoms. The lowest BCUT2D eigenvalue weighted by molar-refractivity contribution is -0.870. The van der Waals surface area contributed by atoms with E-state index in [-0.39, 0.29) is 31.5 Å². The minimum Gasteiger partial charge on any atom is -0.756 e. The van der Waals surface area contributed by atoms with Crippen molar-refractivity contribution in [2.24, 2.45) is 0 Å². The molecule has 0 heterocycles. The molecule has 0 aliphatic heterocycles. The molecule has 0 aromatic rings. The van der Waals surface area contributed by atoms with Crippen molar-refractivity contribution in [1.29, 1.82) is 0 Å². The van der Waals surface area contributed by atoms with Crippen LogP contribution >= 0.6 is 7.82 Å². The number of carbonyl (C=O) groups excluding carboxylic acids is 2. The van der Waals surface area contributed by atoms with E-state index in [1.165, 1.54) is 238 Å². The third kappa shape index (κ3) is 64.3. The van der Waals surface area contributed by atoms with Crippen molar-refractivity contribution in [2.75, 3.05) is 40.9 Å². The summed E-state index contributed by atoms with van der Waals surface area (Å²) in [5.41, 5.74) is 0. The van der Waals surface area contributed by atoms with E-state index in [9.17, 15) is 19.0 Å². The number of hydrogen-bond acceptors (Lipinski definition) is 7. The highest BCUT2D eigenvalue weighted by atomic mass is 31.2. The summed E-state index contributed by atoms with van der Waals surface area (Å²) in [4.78, 5) is 40.2. The van der Waals surface area contributed by atoms with Gasteiger partial charge in [0, 0.05) is 12.8 Å². The number of carbonyl (C=O) groups is 2. The Hall–Kier alpha value is -2.03. The van der Waals surface area contributed by atoms with Gasteiger partial charge in [0.2, 0.25) is 5.91 Å². The second kappa shape index (κ2) is 63.0. The number of amides is 1. The molecule has 0 radical (unpaired) electrons. The van der Waals surface area contributed by atoms with Crippen LogP contribution < -0.4 is 10.2 Å². The van der Waals surface area contributed by atoms with Gasteiger partial charge in [-0.1, -0.05) is 320 Å². The minimum atomic E-state index is -4.70. The molecular formula is C73H139N2O7P. The van der Waals surface area contributed by atoms with Crippen molar-refractivity contribution >= 4 is 19.7 Å². The number of phosphoric acid groups is 1. The summed E-state index contributed by atoms with van der Waals surface area (Å²) >= 11 is 0. The van der Waals surface area contributed by atoms with Gasteiger partial charge in [0.25, 0.3) is 7.82 Å². The van der Waals surface area contributed by atoms with Gasteiger partial charge in [0.05, 0.1) is 33.8 Å². The molecule has 0 spiro atoms. The summed E-state index contributed by atoms with van der Waals surface area (Å²) < 4.78 is 30.5. The van der Waals surface area contributed by atoms with Crippen LogP contribution in [0.15, 0.2) is 48.6 Å². The van der Waals surface area contributed by atoms with Gasteiger partial charge < -0.3 is 28.5 Å². The maximum Gasteiger partial charge on any atom is 0.306 e. The van der Waals surface area contributed by atoms with Crippen LogP contribution in [0.3, 0.4) is 0 Å². The van der Waals surface area contributed by atoms with E-state index in [0.29, 0.717) is 17.4 Å². The van der Waals surface area contributed by atoms with E-state index < -0.39 is 20.0 Å². The Bertz CT molecular complexity index is 1560. The van der Waals surface area contributed by atoms with Crippen molar-refractivity contribution in [2.45, 2.75) is 367 Å². The summed E-state index contributed by atoms with van der Waals surface area (Å²) in [5, 5.41) is 3.05. The van der Waals surface area contributed by atoms with Gasteiger partial charge in [-0.15, -0.1) is 0 Å². The molecule has 0 aliphatic rings. The Morgan fingerprint density at radius 3 is 1.12 bits per heavy atom. The first-order chi connectivity index (χ1) is 40.4. The summed E-state index contributed by atoms with van der Waals surface area (Å²) in [6.07, 6.45) is 79.4. The molecule has 0 saturated carbocycles. The number of hydrogen-bond donors (Lipinski definition) is 1. The zero-order valence-electron chi connectivity index (χ0n) is 55.9. The molecule has 3 unspecified atom stereocenters. The second-order valence-electron chi connectivity index (χ2n) is 25.7. The van der Waals surface area contributed by atoms with Gasteiger partial charge in [-0.25, -0.2) is 0 Å². The van der Waals surface area contributed by atoms with Crippen molar-refractivity contribution < 1.29 is 37.3 Å². The number of rotatable bonds is 66. The standard InChI is InChI=1S/C73H139N2O7P/c1-7-10-13-16-19-22-25-28-30-32-34-36-37-39-40-42-44-47-50-53-56-59-62-65-72(76)74-70(69-81-83(78,79)80-68-67-75(4,5)6)71(64-61-58-55-52-49-46-27-24-21-18-15-12-9-3)82-73(77)66-63-60-57-54-51-48-45-43-41-38-35-33-31-29-26-23-20-17-14-11-8-2/h20,23,29,31,35,38,61,64,70-71H,7-19,21-22,24-28,30,32-34,36-37,39-60,62-63,65-69H2,1-6H3,(H-,74,76,78,79)/b23-20-,31-29-,38-35-,64-61+. The first kappa shape index (κ1) is 81.0. The molecule has 9 nitrogen and oxygen atoms in total. The predicted molar refractivity (Wildman–Crippen MR) is 358 cm³/mol. The van der Waals surface area contributed by atoms with E-state index in [2.05, 4.69) is 62.5 Å². The Labute approximate surface area is 516 Å². The van der Waals surface area contributed by atoms with Gasteiger partial charge in [-0.2, -0.15) is 0 Å². The number of nitrogens with zero attached hydrogens (tertiary/aromatic N) is 1. The molecule has 10 heteroatoms. The molecule has 0 aliphatic carbocycles. The van der Waals surface area contributed by atoms with Gasteiger partial charge >= 0.3 is 5.97 Å². The van der Waals surface area contributed by atoms with Crippen LogP contribution in [-0.2, 0) is 27.9 Å². The van der Waals surface area contributed by atoms with Gasteiger partial charge in [0.15, 0.2) is 0 Å². The number of likely N-dealkylation sites (N-methyl/N-ethyl adjacent to an activating group) is 1. The van der Waals surface area contributed by atoms with Crippen molar-refractivity contribution in [1.82, 2.24) is 5.32 Å². The molecule has 1 N–H and O–H groups in total. The number of allylic oxidation sites excluding steroid dienone is 7. The van der Waals surface area contributed by atoms with Gasteiger partial charge in [-0.3, -0.25) is 14.2 Å². The molecule has 488 valence electrons. The number of nitrogens with one attached hydrogen (secondary N) is 1. The van der Waals surface area contributed by atoms with Crippen molar-refractivity contribution in [3.63, 3.8) is 0 Å². The summed E-state index contributed by atoms with van der Waals surface area (Å²) in [7, 11) is 1.19. The van der Waals surface area contributed by atoms with Crippen molar-refractivity contribution in [3.05, 3.63) is 48.6 Å². The summed E-state index contributed by atoms with van der Waals surface area (Å²) in [5.74, 6) is -0.532. The first-order valence-corrected chi connectivity index (χ1v) is 37.4. The maximum absolute atomic E-state index is 13.6. The van der Waals surface area contributed by atoms with Gasteiger partial charge in [0.1, 0.15) is 19.3 Å². The molecule has 0 bridgehead atoms. The van der Waals surface area contributed by atoms with Crippen LogP contribution in [0.5, 0.6) is 0 Å². The average molecular weight is 1190 g/mol. The molecule has 0 aromatic heterocycles. The van der Waals surface area contributed by atoms with E-state index in [1.54, 1.807) is 0 Å². The lowest BCUT2D eigenvalue weighted by Crippen LogP contribution is -2.47. The zero-order valence-corrected chi connectivity index (χ0v) is 56.8. The highest BCUT2D eigenvalue weighted by Gasteiger charge is 2.27. The molecule has 1 amide bonds. The lowest BCUT2D eigenvalue weighted by Gasteiger charge is -2.30. The number of unbranched alkanes of at least 4 members (excludes halogenated alkanes) is 44. The highest BCUT2D eigenvalue weighted by molar-refractivity contribution is 7.45. The highest BCUT2D eigenvalue weighted by Crippen LogP contribution is 2.38. The molecule has 0 aromatic carbocycles. The lowest BCUT2D eigenvalue weighted by atomic mass is 10.0. The number of phosphoric ester groups is 1. The minimum absolute atomic E-state index is 0.0219. The fourth-order valence-electron chi connectivity index (χ4n) is 10.7. The van der Waals surface area contributed by atoms with Crippen LogP contribution in [-0.4, -0.2) is 69.4 Å². The number of quaternary nitrogens is 1. The monoisotopic (exact) mass is 1190 g/mol. The van der Waals surface area contributed by atoms with Gasteiger partial charge in [-0.05, 0) is 70.3 Å². The third-order valence-electron chi connectivity index (χ3n) is 16.3. The van der Waals surface area contributed by atoms with E-state index in [0.717, 1.165) is 83.5 Å². The van der Waals surface area contributed by atoms with E-state index >= 15 is 0 Å². The number of ether oxygens (including phenoxy) is 1. The molecular weight excluding hydrogens is 1050 g/mol. The number of esters is 1. The Morgan fingerprint density at radius 2 is 0.735 bits per heavy atom. The molecule has 0 saturated heterocycles. The first-order valence-electron chi connectivity index (χ1n) is 35.9. The maximum atomic E-state index is 13.6. The normalized spacial score (nSPS) is 13.8. The summed E-state index contributed by atoms with van der Waals surface area (Å²) in [6.45, 7) is 6.87. The molecule has 3 atom stereocenters.